The number of carboxylic acid groups (broad SMARTS) is 1. The fraction of sp³-hybridized carbons (Fsp3) is 0.583. The Morgan fingerprint density at radius 3 is 3.00 bits per heavy atom. The van der Waals surface area contributed by atoms with E-state index in [4.69, 9.17) is 5.11 Å². The van der Waals surface area contributed by atoms with E-state index in [-0.39, 0.29) is 18.5 Å². The van der Waals surface area contributed by atoms with Gasteiger partial charge in [0.15, 0.2) is 0 Å². The molecule has 2 N–H and O–H groups in total. The molecule has 1 aromatic rings. The molecule has 1 fully saturated rings. The second-order valence-electron chi connectivity index (χ2n) is 4.77. The number of amides is 2. The lowest BCUT2D eigenvalue weighted by molar-refractivity contribution is -0.137. The molecule has 1 aliphatic rings. The Morgan fingerprint density at radius 1 is 1.58 bits per heavy atom. The Kier molecular flexibility index (Phi) is 4.03. The molecule has 0 spiro atoms. The summed E-state index contributed by atoms with van der Waals surface area (Å²) in [5.74, 6) is -0.864. The van der Waals surface area contributed by atoms with Crippen molar-refractivity contribution in [3.63, 3.8) is 0 Å². The van der Waals surface area contributed by atoms with Crippen LogP contribution in [0.25, 0.3) is 0 Å². The first-order valence-electron chi connectivity index (χ1n) is 6.30. The Hall–Kier alpha value is -2.05. The summed E-state index contributed by atoms with van der Waals surface area (Å²) in [7, 11) is 1.81. The summed E-state index contributed by atoms with van der Waals surface area (Å²) in [5, 5.41) is 15.6. The van der Waals surface area contributed by atoms with Crippen LogP contribution in [0.1, 0.15) is 24.8 Å². The van der Waals surface area contributed by atoms with E-state index in [1.54, 1.807) is 15.8 Å². The predicted molar refractivity (Wildman–Crippen MR) is 67.4 cm³/mol. The number of aromatic nitrogens is 2. The molecule has 0 saturated carbocycles. The van der Waals surface area contributed by atoms with Gasteiger partial charge in [-0.25, -0.2) is 4.79 Å². The van der Waals surface area contributed by atoms with Crippen LogP contribution in [0.5, 0.6) is 0 Å². The molecule has 0 bridgehead atoms. The van der Waals surface area contributed by atoms with Crippen LogP contribution in [0.2, 0.25) is 0 Å². The standard InChI is InChI=1S/C12H18N4O3/c1-15-8-9(7-14-15)6-13-12(19)16-4-2-3-10(16)5-11(17)18/h7-8,10H,2-6H2,1H3,(H,13,19)(H,17,18). The van der Waals surface area contributed by atoms with Crippen LogP contribution in [-0.4, -0.2) is 44.4 Å². The van der Waals surface area contributed by atoms with Crippen molar-refractivity contribution in [2.75, 3.05) is 6.54 Å². The lowest BCUT2D eigenvalue weighted by atomic mass is 10.1. The molecule has 7 nitrogen and oxygen atoms in total. The van der Waals surface area contributed by atoms with Gasteiger partial charge in [0.2, 0.25) is 0 Å². The number of hydrogen-bond donors (Lipinski definition) is 2. The second-order valence-corrected chi connectivity index (χ2v) is 4.77. The first-order chi connectivity index (χ1) is 9.06. The predicted octanol–water partition coefficient (Wildman–Crippen LogP) is 0.569. The molecule has 1 atom stereocenters. The van der Waals surface area contributed by atoms with E-state index in [9.17, 15) is 9.59 Å². The topological polar surface area (TPSA) is 87.5 Å². The summed E-state index contributed by atoms with van der Waals surface area (Å²) < 4.78 is 1.67. The van der Waals surface area contributed by atoms with E-state index in [1.807, 2.05) is 13.2 Å². The minimum atomic E-state index is -0.864. The number of rotatable bonds is 4. The molecule has 1 aliphatic heterocycles. The quantitative estimate of drug-likeness (QED) is 0.834. The first kappa shape index (κ1) is 13.4. The summed E-state index contributed by atoms with van der Waals surface area (Å²) in [6.07, 6.45) is 5.16. The van der Waals surface area contributed by atoms with Gasteiger partial charge in [0.25, 0.3) is 0 Å². The van der Waals surface area contributed by atoms with E-state index < -0.39 is 5.97 Å². The maximum atomic E-state index is 12.0. The van der Waals surface area contributed by atoms with Crippen LogP contribution >= 0.6 is 0 Å². The zero-order valence-corrected chi connectivity index (χ0v) is 10.9. The van der Waals surface area contributed by atoms with Gasteiger partial charge in [-0.15, -0.1) is 0 Å². The Balaban J connectivity index is 1.86. The highest BCUT2D eigenvalue weighted by Crippen LogP contribution is 2.20. The Bertz CT molecular complexity index is 471. The zero-order valence-electron chi connectivity index (χ0n) is 10.9. The van der Waals surface area contributed by atoms with E-state index in [2.05, 4.69) is 10.4 Å². The number of nitrogens with zero attached hydrogens (tertiary/aromatic N) is 3. The van der Waals surface area contributed by atoms with Gasteiger partial charge < -0.3 is 15.3 Å². The smallest absolute Gasteiger partial charge is 0.317 e. The van der Waals surface area contributed by atoms with E-state index in [0.29, 0.717) is 13.1 Å². The number of carbonyl (C=O) groups excluding carboxylic acids is 1. The number of likely N-dealkylation sites (tertiary alicyclic amines) is 1. The molecule has 1 saturated heterocycles. The molecule has 7 heteroatoms. The van der Waals surface area contributed by atoms with Crippen LogP contribution < -0.4 is 5.32 Å². The van der Waals surface area contributed by atoms with E-state index in [1.165, 1.54) is 0 Å². The molecule has 1 unspecified atom stereocenters. The molecular weight excluding hydrogens is 248 g/mol. The van der Waals surface area contributed by atoms with E-state index in [0.717, 1.165) is 18.4 Å². The van der Waals surface area contributed by atoms with Crippen molar-refractivity contribution in [1.29, 1.82) is 0 Å². The van der Waals surface area contributed by atoms with Crippen molar-refractivity contribution in [3.05, 3.63) is 18.0 Å². The highest BCUT2D eigenvalue weighted by atomic mass is 16.4. The van der Waals surface area contributed by atoms with Crippen molar-refractivity contribution < 1.29 is 14.7 Å². The van der Waals surface area contributed by atoms with Crippen LogP contribution in [0.4, 0.5) is 4.79 Å². The van der Waals surface area contributed by atoms with E-state index >= 15 is 0 Å². The average Bonchev–Trinajstić information content (AvgIpc) is 2.94. The fourth-order valence-corrected chi connectivity index (χ4v) is 2.36. The lowest BCUT2D eigenvalue weighted by Gasteiger charge is -2.23. The molecule has 1 aromatic heterocycles. The van der Waals surface area contributed by atoms with Crippen LogP contribution in [0, 0.1) is 0 Å². The highest BCUT2D eigenvalue weighted by Gasteiger charge is 2.30. The second kappa shape index (κ2) is 5.73. The number of carboxylic acids is 1. The van der Waals surface area contributed by atoms with Crippen molar-refractivity contribution in [2.45, 2.75) is 31.8 Å². The largest absolute Gasteiger partial charge is 0.481 e. The molecule has 0 aliphatic carbocycles. The summed E-state index contributed by atoms with van der Waals surface area (Å²) >= 11 is 0. The van der Waals surface area contributed by atoms with Crippen LogP contribution in [0.15, 0.2) is 12.4 Å². The van der Waals surface area contributed by atoms with Gasteiger partial charge in [0, 0.05) is 37.9 Å². The van der Waals surface area contributed by atoms with Crippen molar-refractivity contribution in [1.82, 2.24) is 20.0 Å². The van der Waals surface area contributed by atoms with Crippen molar-refractivity contribution >= 4 is 12.0 Å². The third-order valence-electron chi connectivity index (χ3n) is 3.25. The molecule has 0 aromatic carbocycles. The average molecular weight is 266 g/mol. The molecule has 104 valence electrons. The van der Waals surface area contributed by atoms with Gasteiger partial charge in [0.05, 0.1) is 12.6 Å². The number of aliphatic carboxylic acids is 1. The summed E-state index contributed by atoms with van der Waals surface area (Å²) in [6.45, 7) is 1.03. The maximum Gasteiger partial charge on any atom is 0.317 e. The van der Waals surface area contributed by atoms with Gasteiger partial charge in [-0.05, 0) is 12.8 Å². The Morgan fingerprint density at radius 2 is 2.37 bits per heavy atom. The SMILES string of the molecule is Cn1cc(CNC(=O)N2CCCC2CC(=O)O)cn1. The zero-order chi connectivity index (χ0) is 13.8. The highest BCUT2D eigenvalue weighted by molar-refractivity contribution is 5.76. The fourth-order valence-electron chi connectivity index (χ4n) is 2.36. The molecule has 2 rings (SSSR count). The molecule has 2 heterocycles. The van der Waals surface area contributed by atoms with Crippen LogP contribution in [0.3, 0.4) is 0 Å². The first-order valence-corrected chi connectivity index (χ1v) is 6.30. The third-order valence-corrected chi connectivity index (χ3v) is 3.25. The minimum Gasteiger partial charge on any atom is -0.481 e. The third kappa shape index (κ3) is 3.46. The summed E-state index contributed by atoms with van der Waals surface area (Å²) in [4.78, 5) is 24.4. The van der Waals surface area contributed by atoms with Crippen LogP contribution in [-0.2, 0) is 18.4 Å². The van der Waals surface area contributed by atoms with Crippen molar-refractivity contribution in [2.24, 2.45) is 7.05 Å². The monoisotopic (exact) mass is 266 g/mol. The number of urea groups is 1. The van der Waals surface area contributed by atoms with Gasteiger partial charge in [0.1, 0.15) is 0 Å². The summed E-state index contributed by atoms with van der Waals surface area (Å²) in [6, 6.07) is -0.390. The maximum absolute atomic E-state index is 12.0. The van der Waals surface area contributed by atoms with Gasteiger partial charge >= 0.3 is 12.0 Å². The molecular formula is C12H18N4O3. The lowest BCUT2D eigenvalue weighted by Crippen LogP contribution is -2.43. The number of aryl methyl sites for hydroxylation is 1. The molecule has 2 amide bonds. The summed E-state index contributed by atoms with van der Waals surface area (Å²) in [5.41, 5.74) is 0.921. The molecule has 0 radical (unpaired) electrons. The van der Waals surface area contributed by atoms with Crippen molar-refractivity contribution in [3.8, 4) is 0 Å². The number of nitrogens with one attached hydrogen (secondary N) is 1. The van der Waals surface area contributed by atoms with Gasteiger partial charge in [-0.3, -0.25) is 9.48 Å². The van der Waals surface area contributed by atoms with Gasteiger partial charge in [-0.2, -0.15) is 5.10 Å². The minimum absolute atomic E-state index is 0.0142. The normalized spacial score (nSPS) is 18.6. The molecule has 19 heavy (non-hydrogen) atoms. The number of carbonyl (C=O) groups is 2. The van der Waals surface area contributed by atoms with Gasteiger partial charge in [-0.1, -0.05) is 0 Å². The Labute approximate surface area is 111 Å². The number of hydrogen-bond acceptors (Lipinski definition) is 3.